The second-order valence-corrected chi connectivity index (χ2v) is 2.87. The summed E-state index contributed by atoms with van der Waals surface area (Å²) in [6.07, 6.45) is 0.944. The van der Waals surface area contributed by atoms with Gasteiger partial charge in [0.1, 0.15) is 0 Å². The first-order chi connectivity index (χ1) is 2.56. The normalized spacial score (nSPS) is 10.8. The van der Waals surface area contributed by atoms with E-state index >= 15 is 0 Å². The molecule has 0 aliphatic rings. The molecule has 0 spiro atoms. The van der Waals surface area contributed by atoms with Crippen molar-refractivity contribution in [2.75, 3.05) is 6.26 Å². The first-order valence-electron chi connectivity index (χ1n) is 1.11. The fourth-order valence-electron chi connectivity index (χ4n) is 0. The Bertz CT molecular complexity index is 122. The summed E-state index contributed by atoms with van der Waals surface area (Å²) in [7, 11) is -3.22. The molecule has 0 amide bonds. The average molecular weight is 125 g/mol. The third kappa shape index (κ3) is 3.97. The highest BCUT2D eigenvalue weighted by Gasteiger charge is 1.88. The van der Waals surface area contributed by atoms with Gasteiger partial charge in [0.25, 0.3) is 10.0 Å². The molecule has 5 heteroatoms. The minimum absolute atomic E-state index is 0.944. The SMILES string of the molecule is CS(=O)(=O)N=S. The molecule has 0 rings (SSSR count). The van der Waals surface area contributed by atoms with E-state index in [4.69, 9.17) is 0 Å². The van der Waals surface area contributed by atoms with Crippen molar-refractivity contribution in [2.24, 2.45) is 3.77 Å². The molecule has 0 aliphatic carbocycles. The third-order valence-electron chi connectivity index (χ3n) is 0.135. The summed E-state index contributed by atoms with van der Waals surface area (Å²) in [6.45, 7) is 0. The predicted octanol–water partition coefficient (Wildman–Crippen LogP) is -0.323. The third-order valence-corrected chi connectivity index (χ3v) is 1.22. The van der Waals surface area contributed by atoms with E-state index in [0.29, 0.717) is 0 Å². The van der Waals surface area contributed by atoms with E-state index in [2.05, 4.69) is 16.2 Å². The summed E-state index contributed by atoms with van der Waals surface area (Å²) < 4.78 is 22.0. The van der Waals surface area contributed by atoms with Crippen LogP contribution in [0.15, 0.2) is 3.77 Å². The van der Waals surface area contributed by atoms with Crippen LogP contribution in [0.3, 0.4) is 0 Å². The molecule has 0 aromatic carbocycles. The van der Waals surface area contributed by atoms with Gasteiger partial charge in [0.2, 0.25) is 0 Å². The highest BCUT2D eigenvalue weighted by molar-refractivity contribution is 7.92. The standard InChI is InChI=1S/CH3NO2S2/c1-6(3,4)2-5/h1H3. The molecule has 0 aliphatic heterocycles. The number of hydrogen-bond donors (Lipinski definition) is 0. The Morgan fingerprint density at radius 1 is 1.67 bits per heavy atom. The summed E-state index contributed by atoms with van der Waals surface area (Å²) in [5.41, 5.74) is 0. The molecule has 6 heavy (non-hydrogen) atoms. The van der Waals surface area contributed by atoms with Crippen LogP contribution in [0.4, 0.5) is 0 Å². The molecule has 0 unspecified atom stereocenters. The minimum Gasteiger partial charge on any atom is -0.204 e. The first-order valence-corrected chi connectivity index (χ1v) is 3.32. The van der Waals surface area contributed by atoms with E-state index in [0.717, 1.165) is 6.26 Å². The highest BCUT2D eigenvalue weighted by Crippen LogP contribution is 1.76. The molecule has 0 atom stereocenters. The van der Waals surface area contributed by atoms with Crippen LogP contribution in [0, 0.1) is 0 Å². The van der Waals surface area contributed by atoms with E-state index in [-0.39, 0.29) is 0 Å². The van der Waals surface area contributed by atoms with Crippen LogP contribution in [0.1, 0.15) is 0 Å². The molecule has 0 heterocycles. The zero-order chi connectivity index (χ0) is 5.21. The smallest absolute Gasteiger partial charge is 0.204 e. The maximum absolute atomic E-state index is 9.73. The number of hydrogen-bond acceptors (Lipinski definition) is 3. The molecule has 0 aromatic heterocycles. The number of sulfonamides is 1. The Balaban J connectivity index is 4.25. The lowest BCUT2D eigenvalue weighted by Crippen LogP contribution is -1.84. The fraction of sp³-hybridized carbons (Fsp3) is 1.00. The van der Waals surface area contributed by atoms with Crippen molar-refractivity contribution in [2.45, 2.75) is 0 Å². The van der Waals surface area contributed by atoms with Gasteiger partial charge in [-0.2, -0.15) is 0 Å². The summed E-state index contributed by atoms with van der Waals surface area (Å²) in [4.78, 5) is 0. The van der Waals surface area contributed by atoms with Gasteiger partial charge in [0.15, 0.2) is 0 Å². The van der Waals surface area contributed by atoms with E-state index in [1.54, 1.807) is 0 Å². The van der Waals surface area contributed by atoms with E-state index in [1.807, 2.05) is 0 Å². The monoisotopic (exact) mass is 125 g/mol. The van der Waals surface area contributed by atoms with E-state index in [9.17, 15) is 8.42 Å². The van der Waals surface area contributed by atoms with Crippen LogP contribution in [0.5, 0.6) is 0 Å². The van der Waals surface area contributed by atoms with Crippen molar-refractivity contribution in [3.05, 3.63) is 0 Å². The molecule has 0 saturated heterocycles. The van der Waals surface area contributed by atoms with Crippen LogP contribution >= 0.6 is 0 Å². The maximum atomic E-state index is 9.73. The Kier molecular flexibility index (Phi) is 1.60. The highest BCUT2D eigenvalue weighted by atomic mass is 32.2. The van der Waals surface area contributed by atoms with Crippen molar-refractivity contribution < 1.29 is 8.42 Å². The van der Waals surface area contributed by atoms with E-state index in [1.165, 1.54) is 0 Å². The van der Waals surface area contributed by atoms with Crippen LogP contribution < -0.4 is 0 Å². The molecule has 0 N–H and O–H groups in total. The molecule has 0 radical (unpaired) electrons. The number of nitrogens with zero attached hydrogens (tertiary/aromatic N) is 1. The van der Waals surface area contributed by atoms with Gasteiger partial charge in [-0.05, 0) is 0 Å². The van der Waals surface area contributed by atoms with Gasteiger partial charge in [0.05, 0.1) is 18.7 Å². The summed E-state index contributed by atoms with van der Waals surface area (Å²) >= 11 is 3.83. The molecule has 3 nitrogen and oxygen atoms in total. The molecular formula is CH3NO2S2. The van der Waals surface area contributed by atoms with E-state index < -0.39 is 10.0 Å². The zero-order valence-corrected chi connectivity index (χ0v) is 4.71. The van der Waals surface area contributed by atoms with Gasteiger partial charge in [0, 0.05) is 0 Å². The maximum Gasteiger partial charge on any atom is 0.260 e. The van der Waals surface area contributed by atoms with Crippen LogP contribution in [0.25, 0.3) is 0 Å². The van der Waals surface area contributed by atoms with Crippen molar-refractivity contribution in [1.29, 1.82) is 0 Å². The van der Waals surface area contributed by atoms with Crippen molar-refractivity contribution in [3.63, 3.8) is 0 Å². The van der Waals surface area contributed by atoms with Crippen molar-refractivity contribution >= 4 is 22.4 Å². The molecule has 0 aromatic rings. The van der Waals surface area contributed by atoms with Crippen LogP contribution in [0.2, 0.25) is 0 Å². The number of rotatable bonds is 1. The van der Waals surface area contributed by atoms with Crippen molar-refractivity contribution in [1.82, 2.24) is 0 Å². The van der Waals surface area contributed by atoms with Gasteiger partial charge in [-0.3, -0.25) is 0 Å². The van der Waals surface area contributed by atoms with Gasteiger partial charge in [-0.15, -0.1) is 0 Å². The first kappa shape index (κ1) is 5.97. The second kappa shape index (κ2) is 1.61. The molecule has 36 valence electrons. The summed E-state index contributed by atoms with van der Waals surface area (Å²) in [6, 6.07) is 0. The Labute approximate surface area is 41.6 Å². The fourth-order valence-corrected chi connectivity index (χ4v) is 0. The van der Waals surface area contributed by atoms with Gasteiger partial charge in [-0.1, -0.05) is 3.77 Å². The van der Waals surface area contributed by atoms with Crippen molar-refractivity contribution in [3.8, 4) is 0 Å². The van der Waals surface area contributed by atoms with Crippen LogP contribution in [-0.2, 0) is 22.4 Å². The summed E-state index contributed by atoms with van der Waals surface area (Å²) in [5, 5.41) is 0. The molecule has 0 bridgehead atoms. The molecule has 0 fully saturated rings. The topological polar surface area (TPSA) is 46.5 Å². The lowest BCUT2D eigenvalue weighted by Gasteiger charge is -1.71. The molecular weight excluding hydrogens is 122 g/mol. The summed E-state index contributed by atoms with van der Waals surface area (Å²) in [5.74, 6) is 0. The lowest BCUT2D eigenvalue weighted by molar-refractivity contribution is 0.604. The van der Waals surface area contributed by atoms with Crippen LogP contribution in [-0.4, -0.2) is 14.7 Å². The van der Waals surface area contributed by atoms with Gasteiger partial charge in [-0.25, -0.2) is 8.42 Å². The predicted molar refractivity (Wildman–Crippen MR) is 24.6 cm³/mol. The Hall–Kier alpha value is -0.0300. The average Bonchev–Trinajstić information content (AvgIpc) is 1.35. The van der Waals surface area contributed by atoms with Gasteiger partial charge >= 0.3 is 0 Å². The minimum atomic E-state index is -3.22. The second-order valence-electron chi connectivity index (χ2n) is 0.808. The molecule has 0 saturated carbocycles. The van der Waals surface area contributed by atoms with Gasteiger partial charge < -0.3 is 0 Å². The largest absolute Gasteiger partial charge is 0.260 e. The Morgan fingerprint density at radius 3 is 1.83 bits per heavy atom. The Morgan fingerprint density at radius 2 is 1.83 bits per heavy atom. The lowest BCUT2D eigenvalue weighted by atomic mass is 12.0. The quantitative estimate of drug-likeness (QED) is 0.482. The zero-order valence-electron chi connectivity index (χ0n) is 3.08.